The Kier molecular flexibility index (Phi) is 10.7. The Morgan fingerprint density at radius 2 is 0.500 bits per heavy atom. The number of fused-ring (bicyclic) bond motifs is 8. The van der Waals surface area contributed by atoms with E-state index in [0.717, 1.165) is 22.7 Å². The summed E-state index contributed by atoms with van der Waals surface area (Å²) >= 11 is 0. The highest BCUT2D eigenvalue weighted by molar-refractivity contribution is 6.47. The van der Waals surface area contributed by atoms with Gasteiger partial charge in [0.25, 0.3) is 0 Å². The van der Waals surface area contributed by atoms with E-state index in [1.165, 1.54) is 164 Å². The molecule has 15 aromatic rings. The van der Waals surface area contributed by atoms with Gasteiger partial charge in [0, 0.05) is 33.5 Å². The summed E-state index contributed by atoms with van der Waals surface area (Å²) in [5, 5.41) is 20.2. The second kappa shape index (κ2) is 18.0. The third-order valence-corrected chi connectivity index (χ3v) is 17.0. The molecule has 0 aliphatic heterocycles. The van der Waals surface area contributed by atoms with E-state index in [1.54, 1.807) is 0 Å². The molecule has 0 heterocycles. The normalized spacial score (nSPS) is 12.0. The molecule has 0 saturated carbocycles. The van der Waals surface area contributed by atoms with Crippen molar-refractivity contribution in [3.05, 3.63) is 263 Å². The minimum absolute atomic E-state index is 1.16. The van der Waals surface area contributed by atoms with Crippen LogP contribution < -0.4 is 9.80 Å². The predicted octanol–water partition coefficient (Wildman–Crippen LogP) is 22.5. The summed E-state index contributed by atoms with van der Waals surface area (Å²) in [6, 6.07) is 83.8. The molecule has 0 amide bonds. The molecule has 0 saturated heterocycles. The lowest BCUT2D eigenvalue weighted by molar-refractivity contribution is 1.24. The standard InChI is InChI=1S/C78H60N2/c1-45-31-46(2)36-59(35-45)79(60-37-47(3)32-48(4)38-60)69-29-27-67-73-63(69)19-13-21-65(73)75-71(57-25-23-53-15-9-11-17-55(53)43-57)76-66-22-14-20-64-70(80(61-39-49(5)33-50(6)40-61)62-41-51(7)34-52(8)42-62)30-28-68(74(64)66)78(76)72(77(67)75)58-26-24-54-16-10-12-18-56(54)44-58/h9-44H,1-8H3. The second-order valence-electron chi connectivity index (χ2n) is 23.1. The highest BCUT2D eigenvalue weighted by Gasteiger charge is 2.30. The van der Waals surface area contributed by atoms with Crippen molar-refractivity contribution >= 4 is 120 Å². The van der Waals surface area contributed by atoms with E-state index in [2.05, 4.69) is 284 Å². The first-order chi connectivity index (χ1) is 38.9. The Hall–Kier alpha value is -9.50. The van der Waals surface area contributed by atoms with E-state index in [0.29, 0.717) is 0 Å². The fourth-order valence-corrected chi connectivity index (χ4v) is 14.3. The van der Waals surface area contributed by atoms with Crippen LogP contribution in [0.3, 0.4) is 0 Å². The molecule has 0 spiro atoms. The Labute approximate surface area is 468 Å². The molecule has 0 unspecified atom stereocenters. The van der Waals surface area contributed by atoms with Crippen LogP contribution in [0.2, 0.25) is 0 Å². The average molecular weight is 1030 g/mol. The molecule has 0 bridgehead atoms. The monoisotopic (exact) mass is 1020 g/mol. The van der Waals surface area contributed by atoms with Crippen LogP contribution in [0.25, 0.3) is 108 Å². The van der Waals surface area contributed by atoms with Crippen LogP contribution >= 0.6 is 0 Å². The molecule has 15 rings (SSSR count). The molecule has 2 nitrogen and oxygen atoms in total. The van der Waals surface area contributed by atoms with Crippen LogP contribution in [0.5, 0.6) is 0 Å². The van der Waals surface area contributed by atoms with E-state index in [9.17, 15) is 0 Å². The van der Waals surface area contributed by atoms with Gasteiger partial charge < -0.3 is 9.80 Å². The lowest BCUT2D eigenvalue weighted by Gasteiger charge is -2.28. The minimum atomic E-state index is 1.16. The van der Waals surface area contributed by atoms with Crippen LogP contribution in [-0.4, -0.2) is 0 Å². The lowest BCUT2D eigenvalue weighted by atomic mass is 9.86. The third-order valence-electron chi connectivity index (χ3n) is 17.0. The van der Waals surface area contributed by atoms with Gasteiger partial charge in [-0.25, -0.2) is 0 Å². The average Bonchev–Trinajstić information content (AvgIpc) is 2.70. The lowest BCUT2D eigenvalue weighted by Crippen LogP contribution is -2.11. The Morgan fingerprint density at radius 3 is 0.825 bits per heavy atom. The van der Waals surface area contributed by atoms with Crippen molar-refractivity contribution in [1.29, 1.82) is 0 Å². The molecule has 80 heavy (non-hydrogen) atoms. The fraction of sp³-hybridized carbons (Fsp3) is 0.103. The molecule has 0 N–H and O–H groups in total. The molecule has 2 heteroatoms. The first-order valence-corrected chi connectivity index (χ1v) is 28.2. The van der Waals surface area contributed by atoms with E-state index >= 15 is 0 Å². The summed E-state index contributed by atoms with van der Waals surface area (Å²) in [5.74, 6) is 0. The molecular formula is C78H60N2. The number of rotatable bonds is 8. The number of anilines is 6. The van der Waals surface area contributed by atoms with Gasteiger partial charge in [-0.1, -0.05) is 146 Å². The van der Waals surface area contributed by atoms with Gasteiger partial charge in [0.15, 0.2) is 0 Å². The van der Waals surface area contributed by atoms with Crippen molar-refractivity contribution in [3.63, 3.8) is 0 Å². The van der Waals surface area contributed by atoms with Crippen molar-refractivity contribution < 1.29 is 0 Å². The Balaban J connectivity index is 1.14. The first-order valence-electron chi connectivity index (χ1n) is 28.2. The van der Waals surface area contributed by atoms with Gasteiger partial charge in [0.2, 0.25) is 0 Å². The number of benzene rings is 13. The maximum atomic E-state index is 2.51. The molecule has 382 valence electrons. The fourth-order valence-electron chi connectivity index (χ4n) is 14.3. The van der Waals surface area contributed by atoms with Crippen molar-refractivity contribution in [2.75, 3.05) is 9.80 Å². The molecule has 0 atom stereocenters. The molecule has 15 aromatic carbocycles. The summed E-state index contributed by atoms with van der Waals surface area (Å²) in [7, 11) is 0. The van der Waals surface area contributed by atoms with Crippen molar-refractivity contribution in [3.8, 4) is 22.3 Å². The molecular weight excluding hydrogens is 965 g/mol. The zero-order chi connectivity index (χ0) is 54.2. The largest absolute Gasteiger partial charge is 0.310 e. The zero-order valence-corrected chi connectivity index (χ0v) is 46.7. The minimum Gasteiger partial charge on any atom is -0.310 e. The predicted molar refractivity (Wildman–Crippen MR) is 347 cm³/mol. The zero-order valence-electron chi connectivity index (χ0n) is 46.7. The van der Waals surface area contributed by atoms with Crippen LogP contribution in [0.1, 0.15) is 44.5 Å². The molecule has 0 aliphatic carbocycles. The molecule has 0 aromatic heterocycles. The van der Waals surface area contributed by atoms with Gasteiger partial charge in [-0.3, -0.25) is 0 Å². The highest BCUT2D eigenvalue weighted by atomic mass is 15.1. The summed E-state index contributed by atoms with van der Waals surface area (Å²) in [4.78, 5) is 5.02. The van der Waals surface area contributed by atoms with Crippen LogP contribution in [0.4, 0.5) is 34.1 Å². The SMILES string of the molecule is Cc1cc(C)cc(N(c2cc(C)cc(C)c2)c2ccc3c4c(-c5ccc6ccccc6c5)c5c6ccc(N(c7cc(C)cc(C)c7)c7cc(C)cc(C)c7)c7cccc(c5c(-c5ccc8ccccc8c5)c4c4cccc2c43)c76)c1. The van der Waals surface area contributed by atoms with Gasteiger partial charge in [-0.15, -0.1) is 0 Å². The highest BCUT2D eigenvalue weighted by Crippen LogP contribution is 2.58. The smallest absolute Gasteiger partial charge is 0.0540 e. The Bertz CT molecular complexity index is 4500. The molecule has 0 fully saturated rings. The van der Waals surface area contributed by atoms with Crippen molar-refractivity contribution in [1.82, 2.24) is 0 Å². The first kappa shape index (κ1) is 47.7. The van der Waals surface area contributed by atoms with E-state index in [1.807, 2.05) is 0 Å². The molecule has 0 radical (unpaired) electrons. The van der Waals surface area contributed by atoms with Gasteiger partial charge in [0.1, 0.15) is 0 Å². The van der Waals surface area contributed by atoms with Gasteiger partial charge in [-0.05, 0) is 270 Å². The van der Waals surface area contributed by atoms with Crippen molar-refractivity contribution in [2.45, 2.75) is 55.4 Å². The number of aryl methyl sites for hydroxylation is 8. The Morgan fingerprint density at radius 1 is 0.212 bits per heavy atom. The summed E-state index contributed by atoms with van der Waals surface area (Å²) in [6.07, 6.45) is 0. The van der Waals surface area contributed by atoms with E-state index < -0.39 is 0 Å². The number of hydrogen-bond acceptors (Lipinski definition) is 2. The van der Waals surface area contributed by atoms with Crippen LogP contribution in [0.15, 0.2) is 218 Å². The second-order valence-corrected chi connectivity index (χ2v) is 23.1. The van der Waals surface area contributed by atoms with Gasteiger partial charge in [-0.2, -0.15) is 0 Å². The summed E-state index contributed by atoms with van der Waals surface area (Å²) in [6.45, 7) is 17.7. The third kappa shape index (κ3) is 7.46. The maximum Gasteiger partial charge on any atom is 0.0540 e. The number of nitrogens with zero attached hydrogens (tertiary/aromatic N) is 2. The number of hydrogen-bond donors (Lipinski definition) is 0. The quantitative estimate of drug-likeness (QED) is 0.150. The van der Waals surface area contributed by atoms with Crippen molar-refractivity contribution in [2.24, 2.45) is 0 Å². The van der Waals surface area contributed by atoms with Crippen LogP contribution in [0, 0.1) is 55.4 Å². The van der Waals surface area contributed by atoms with E-state index in [-0.39, 0.29) is 0 Å². The van der Waals surface area contributed by atoms with Gasteiger partial charge >= 0.3 is 0 Å². The maximum absolute atomic E-state index is 2.51. The van der Waals surface area contributed by atoms with Crippen LogP contribution in [-0.2, 0) is 0 Å². The van der Waals surface area contributed by atoms with Gasteiger partial charge in [0.05, 0.1) is 11.4 Å². The topological polar surface area (TPSA) is 6.48 Å². The van der Waals surface area contributed by atoms with E-state index in [4.69, 9.17) is 0 Å². The molecule has 0 aliphatic rings. The summed E-state index contributed by atoms with van der Waals surface area (Å²) in [5.41, 5.74) is 21.9. The summed E-state index contributed by atoms with van der Waals surface area (Å²) < 4.78 is 0.